The average molecular weight is 267 g/mol. The first-order valence-electron chi connectivity index (χ1n) is 4.10. The van der Waals surface area contributed by atoms with Crippen LogP contribution >= 0.6 is 22.6 Å². The number of carbonyl (C=O) groups excluding carboxylic acids is 1. The van der Waals surface area contributed by atoms with E-state index >= 15 is 0 Å². The smallest absolute Gasteiger partial charge is 0.148 e. The topological polar surface area (TPSA) is 29.1 Å². The Labute approximate surface area is 81.3 Å². The quantitative estimate of drug-likeness (QED) is 0.605. The Morgan fingerprint density at radius 3 is 2.55 bits per heavy atom. The second kappa shape index (κ2) is 4.40. The molecule has 0 aliphatic carbocycles. The fourth-order valence-corrected chi connectivity index (χ4v) is 1.94. The zero-order valence-electron chi connectivity index (χ0n) is 6.77. The molecular formula is C8H14INO. The summed E-state index contributed by atoms with van der Waals surface area (Å²) >= 11 is 2.20. The number of hydrogen-bond acceptors (Lipinski definition) is 2. The molecule has 0 spiro atoms. The van der Waals surface area contributed by atoms with Gasteiger partial charge in [-0.2, -0.15) is 0 Å². The van der Waals surface area contributed by atoms with E-state index in [1.807, 2.05) is 6.92 Å². The van der Waals surface area contributed by atoms with Gasteiger partial charge in [0.2, 0.25) is 0 Å². The molecule has 1 fully saturated rings. The lowest BCUT2D eigenvalue weighted by atomic mass is 9.92. The third-order valence-electron chi connectivity index (χ3n) is 2.13. The summed E-state index contributed by atoms with van der Waals surface area (Å²) in [6, 6.07) is 0. The number of Topliss-reactive ketones (excluding diaryl/α,β-unsaturated/α-hetero) is 1. The molecule has 0 saturated carbocycles. The van der Waals surface area contributed by atoms with Gasteiger partial charge in [0.1, 0.15) is 5.78 Å². The van der Waals surface area contributed by atoms with E-state index in [1.54, 1.807) is 0 Å². The van der Waals surface area contributed by atoms with Crippen molar-refractivity contribution in [3.8, 4) is 0 Å². The van der Waals surface area contributed by atoms with Crippen LogP contribution in [0.15, 0.2) is 0 Å². The highest BCUT2D eigenvalue weighted by atomic mass is 127. The molecule has 0 bridgehead atoms. The molecule has 0 aromatic heterocycles. The van der Waals surface area contributed by atoms with Crippen molar-refractivity contribution in [3.05, 3.63) is 0 Å². The molecule has 0 aromatic rings. The van der Waals surface area contributed by atoms with E-state index in [1.165, 1.54) is 0 Å². The molecule has 64 valence electrons. The summed E-state index contributed by atoms with van der Waals surface area (Å²) < 4.78 is 0.190. The molecule has 11 heavy (non-hydrogen) atoms. The molecule has 1 aliphatic rings. The van der Waals surface area contributed by atoms with Gasteiger partial charge in [-0.1, -0.05) is 22.6 Å². The second-order valence-electron chi connectivity index (χ2n) is 3.04. The highest BCUT2D eigenvalue weighted by Crippen LogP contribution is 2.17. The third kappa shape index (κ3) is 2.71. The first-order valence-corrected chi connectivity index (χ1v) is 5.35. The van der Waals surface area contributed by atoms with Crippen molar-refractivity contribution in [3.63, 3.8) is 0 Å². The van der Waals surface area contributed by atoms with Crippen LogP contribution in [0.5, 0.6) is 0 Å². The summed E-state index contributed by atoms with van der Waals surface area (Å²) in [7, 11) is 0. The van der Waals surface area contributed by atoms with E-state index in [0.29, 0.717) is 11.7 Å². The maximum Gasteiger partial charge on any atom is 0.148 e. The Morgan fingerprint density at radius 2 is 2.09 bits per heavy atom. The first-order chi connectivity index (χ1) is 5.22. The van der Waals surface area contributed by atoms with Gasteiger partial charge in [0.25, 0.3) is 0 Å². The molecule has 1 aliphatic heterocycles. The van der Waals surface area contributed by atoms with Gasteiger partial charge < -0.3 is 5.32 Å². The molecule has 0 amide bonds. The number of halogens is 1. The van der Waals surface area contributed by atoms with Crippen LogP contribution in [0.2, 0.25) is 0 Å². The number of rotatable bonds is 2. The van der Waals surface area contributed by atoms with Crippen LogP contribution in [0.1, 0.15) is 19.8 Å². The normalized spacial score (nSPS) is 23.1. The number of hydrogen-bond donors (Lipinski definition) is 1. The molecule has 0 aromatic carbocycles. The minimum atomic E-state index is 0.190. The Bertz CT molecular complexity index is 141. The minimum absolute atomic E-state index is 0.190. The van der Waals surface area contributed by atoms with Gasteiger partial charge in [0.05, 0.1) is 3.92 Å². The Balaban J connectivity index is 2.39. The maximum absolute atomic E-state index is 11.5. The summed E-state index contributed by atoms with van der Waals surface area (Å²) in [6.45, 7) is 4.00. The Kier molecular flexibility index (Phi) is 3.78. The molecule has 3 heteroatoms. The monoisotopic (exact) mass is 267 g/mol. The number of piperidine rings is 1. The average Bonchev–Trinajstić information content (AvgIpc) is 2.05. The van der Waals surface area contributed by atoms with E-state index < -0.39 is 0 Å². The summed E-state index contributed by atoms with van der Waals surface area (Å²) in [5, 5.41) is 3.25. The SMILES string of the molecule is CC(I)C(=O)C1CCNCC1. The lowest BCUT2D eigenvalue weighted by Crippen LogP contribution is -2.34. The lowest BCUT2D eigenvalue weighted by molar-refractivity contribution is -0.122. The van der Waals surface area contributed by atoms with Gasteiger partial charge in [0.15, 0.2) is 0 Å². The second-order valence-corrected chi connectivity index (χ2v) is 4.91. The summed E-state index contributed by atoms with van der Waals surface area (Å²) in [6.07, 6.45) is 2.07. The zero-order chi connectivity index (χ0) is 8.27. The molecule has 1 rings (SSSR count). The Morgan fingerprint density at radius 1 is 1.55 bits per heavy atom. The highest BCUT2D eigenvalue weighted by Gasteiger charge is 2.23. The van der Waals surface area contributed by atoms with Crippen molar-refractivity contribution in [2.75, 3.05) is 13.1 Å². The van der Waals surface area contributed by atoms with Crippen molar-refractivity contribution < 1.29 is 4.79 Å². The van der Waals surface area contributed by atoms with Crippen molar-refractivity contribution >= 4 is 28.4 Å². The molecular weight excluding hydrogens is 253 g/mol. The molecule has 2 nitrogen and oxygen atoms in total. The van der Waals surface area contributed by atoms with Crippen LogP contribution in [0.25, 0.3) is 0 Å². The van der Waals surface area contributed by atoms with E-state index in [9.17, 15) is 4.79 Å². The van der Waals surface area contributed by atoms with Gasteiger partial charge in [0, 0.05) is 5.92 Å². The summed E-state index contributed by atoms with van der Waals surface area (Å²) in [4.78, 5) is 11.5. The first kappa shape index (κ1) is 9.45. The lowest BCUT2D eigenvalue weighted by Gasteiger charge is -2.22. The minimum Gasteiger partial charge on any atom is -0.317 e. The van der Waals surface area contributed by atoms with Crippen molar-refractivity contribution in [1.29, 1.82) is 0 Å². The van der Waals surface area contributed by atoms with Crippen molar-refractivity contribution in [2.45, 2.75) is 23.7 Å². The standard InChI is InChI=1S/C8H14INO/c1-6(9)8(11)7-2-4-10-5-3-7/h6-7,10H,2-5H2,1H3. The number of ketones is 1. The molecule has 1 N–H and O–H groups in total. The number of nitrogens with one attached hydrogen (secondary N) is 1. The molecule has 1 saturated heterocycles. The van der Waals surface area contributed by atoms with Crippen LogP contribution in [0.3, 0.4) is 0 Å². The van der Waals surface area contributed by atoms with E-state index in [4.69, 9.17) is 0 Å². The predicted octanol–water partition coefficient (Wildman–Crippen LogP) is 1.38. The highest BCUT2D eigenvalue weighted by molar-refractivity contribution is 14.1. The van der Waals surface area contributed by atoms with Crippen LogP contribution < -0.4 is 5.32 Å². The van der Waals surface area contributed by atoms with Crippen LogP contribution in [0, 0.1) is 5.92 Å². The molecule has 1 heterocycles. The maximum atomic E-state index is 11.5. The molecule has 1 unspecified atom stereocenters. The van der Waals surface area contributed by atoms with Crippen LogP contribution in [-0.4, -0.2) is 22.8 Å². The summed E-state index contributed by atoms with van der Waals surface area (Å²) in [5.74, 6) is 0.773. The number of carbonyl (C=O) groups is 1. The van der Waals surface area contributed by atoms with Crippen LogP contribution in [-0.2, 0) is 4.79 Å². The third-order valence-corrected chi connectivity index (χ3v) is 2.75. The van der Waals surface area contributed by atoms with Crippen molar-refractivity contribution in [2.24, 2.45) is 5.92 Å². The van der Waals surface area contributed by atoms with E-state index in [2.05, 4.69) is 27.9 Å². The summed E-state index contributed by atoms with van der Waals surface area (Å²) in [5.41, 5.74) is 0. The van der Waals surface area contributed by atoms with Crippen LogP contribution in [0.4, 0.5) is 0 Å². The Hall–Kier alpha value is 0.360. The number of alkyl halides is 1. The van der Waals surface area contributed by atoms with Gasteiger partial charge in [-0.15, -0.1) is 0 Å². The van der Waals surface area contributed by atoms with Gasteiger partial charge in [-0.05, 0) is 32.9 Å². The van der Waals surface area contributed by atoms with E-state index in [-0.39, 0.29) is 3.92 Å². The molecule has 0 radical (unpaired) electrons. The fraction of sp³-hybridized carbons (Fsp3) is 0.875. The van der Waals surface area contributed by atoms with Gasteiger partial charge in [-0.25, -0.2) is 0 Å². The fourth-order valence-electron chi connectivity index (χ4n) is 1.43. The van der Waals surface area contributed by atoms with E-state index in [0.717, 1.165) is 25.9 Å². The molecule has 1 atom stereocenters. The predicted molar refractivity (Wildman–Crippen MR) is 54.1 cm³/mol. The largest absolute Gasteiger partial charge is 0.317 e. The van der Waals surface area contributed by atoms with Crippen molar-refractivity contribution in [1.82, 2.24) is 5.32 Å². The van der Waals surface area contributed by atoms with Gasteiger partial charge >= 0.3 is 0 Å². The van der Waals surface area contributed by atoms with Gasteiger partial charge in [-0.3, -0.25) is 4.79 Å². The zero-order valence-corrected chi connectivity index (χ0v) is 8.93.